The SMILES string of the molecule is CC(=O)N(CC(=O)NCC1CCC(=O)O1)c1ccccc1. The Morgan fingerprint density at radius 3 is 2.62 bits per heavy atom. The highest BCUT2D eigenvalue weighted by atomic mass is 16.5. The molecule has 6 heteroatoms. The molecule has 21 heavy (non-hydrogen) atoms. The minimum Gasteiger partial charge on any atom is -0.460 e. The topological polar surface area (TPSA) is 75.7 Å². The van der Waals surface area contributed by atoms with Gasteiger partial charge in [-0.1, -0.05) is 18.2 Å². The molecule has 0 saturated carbocycles. The molecule has 0 aliphatic carbocycles. The van der Waals surface area contributed by atoms with Crippen LogP contribution in [-0.4, -0.2) is 37.0 Å². The minimum atomic E-state index is -0.281. The molecule has 1 unspecified atom stereocenters. The molecule has 1 atom stereocenters. The Labute approximate surface area is 123 Å². The normalized spacial score (nSPS) is 17.2. The van der Waals surface area contributed by atoms with Crippen molar-refractivity contribution >= 4 is 23.5 Å². The van der Waals surface area contributed by atoms with Crippen LogP contribution in [0.4, 0.5) is 5.69 Å². The Bertz CT molecular complexity index is 530. The first-order chi connectivity index (χ1) is 10.1. The Morgan fingerprint density at radius 1 is 1.33 bits per heavy atom. The molecule has 2 amide bonds. The van der Waals surface area contributed by atoms with Gasteiger partial charge in [0.05, 0.1) is 6.54 Å². The number of rotatable bonds is 5. The van der Waals surface area contributed by atoms with Gasteiger partial charge in [-0.15, -0.1) is 0 Å². The summed E-state index contributed by atoms with van der Waals surface area (Å²) in [6, 6.07) is 9.00. The van der Waals surface area contributed by atoms with Gasteiger partial charge in [-0.2, -0.15) is 0 Å². The van der Waals surface area contributed by atoms with Crippen LogP contribution in [0, 0.1) is 0 Å². The molecule has 1 N–H and O–H groups in total. The molecule has 1 aromatic rings. The zero-order valence-electron chi connectivity index (χ0n) is 11.9. The predicted molar refractivity (Wildman–Crippen MR) is 76.6 cm³/mol. The highest BCUT2D eigenvalue weighted by Crippen LogP contribution is 2.14. The van der Waals surface area contributed by atoms with Crippen LogP contribution in [0.2, 0.25) is 0 Å². The lowest BCUT2D eigenvalue weighted by molar-refractivity contribution is -0.141. The largest absolute Gasteiger partial charge is 0.460 e. The molecule has 1 heterocycles. The fraction of sp³-hybridized carbons (Fsp3) is 0.400. The van der Waals surface area contributed by atoms with E-state index in [9.17, 15) is 14.4 Å². The van der Waals surface area contributed by atoms with Crippen LogP contribution in [0.25, 0.3) is 0 Å². The lowest BCUT2D eigenvalue weighted by Gasteiger charge is -2.21. The molecule has 1 aliphatic heterocycles. The maximum Gasteiger partial charge on any atom is 0.306 e. The first-order valence-corrected chi connectivity index (χ1v) is 6.85. The van der Waals surface area contributed by atoms with Crippen molar-refractivity contribution in [3.63, 3.8) is 0 Å². The fourth-order valence-electron chi connectivity index (χ4n) is 2.15. The van der Waals surface area contributed by atoms with Crippen molar-refractivity contribution in [2.45, 2.75) is 25.9 Å². The fourth-order valence-corrected chi connectivity index (χ4v) is 2.15. The lowest BCUT2D eigenvalue weighted by atomic mass is 10.2. The predicted octanol–water partition coefficient (Wildman–Crippen LogP) is 0.861. The van der Waals surface area contributed by atoms with Crippen molar-refractivity contribution in [2.75, 3.05) is 18.0 Å². The number of hydrogen-bond acceptors (Lipinski definition) is 4. The van der Waals surface area contributed by atoms with Crippen LogP contribution in [0.5, 0.6) is 0 Å². The summed E-state index contributed by atoms with van der Waals surface area (Å²) in [5, 5.41) is 2.69. The molecule has 1 aliphatic rings. The van der Waals surface area contributed by atoms with Crippen molar-refractivity contribution in [1.29, 1.82) is 0 Å². The van der Waals surface area contributed by atoms with E-state index in [0.29, 0.717) is 18.5 Å². The number of para-hydroxylation sites is 1. The van der Waals surface area contributed by atoms with E-state index in [0.717, 1.165) is 0 Å². The van der Waals surface area contributed by atoms with Crippen molar-refractivity contribution in [3.8, 4) is 0 Å². The number of nitrogens with one attached hydrogen (secondary N) is 1. The molecule has 0 spiro atoms. The second-order valence-electron chi connectivity index (χ2n) is 4.90. The van der Waals surface area contributed by atoms with Gasteiger partial charge in [0, 0.05) is 19.0 Å². The van der Waals surface area contributed by atoms with Crippen molar-refractivity contribution in [2.24, 2.45) is 0 Å². The van der Waals surface area contributed by atoms with Crippen LogP contribution < -0.4 is 10.2 Å². The van der Waals surface area contributed by atoms with E-state index in [-0.39, 0.29) is 37.0 Å². The molecule has 0 bridgehead atoms. The zero-order chi connectivity index (χ0) is 15.2. The highest BCUT2D eigenvalue weighted by molar-refractivity contribution is 5.97. The molecular formula is C15H18N2O4. The van der Waals surface area contributed by atoms with Gasteiger partial charge < -0.3 is 15.0 Å². The Kier molecular flexibility index (Phi) is 4.92. The maximum atomic E-state index is 11.9. The Balaban J connectivity index is 1.87. The van der Waals surface area contributed by atoms with E-state index in [1.54, 1.807) is 24.3 Å². The zero-order valence-corrected chi connectivity index (χ0v) is 11.9. The number of anilines is 1. The number of nitrogens with zero attached hydrogens (tertiary/aromatic N) is 1. The average Bonchev–Trinajstić information content (AvgIpc) is 2.89. The lowest BCUT2D eigenvalue weighted by Crippen LogP contribution is -2.42. The molecule has 6 nitrogen and oxygen atoms in total. The third kappa shape index (κ3) is 4.30. The summed E-state index contributed by atoms with van der Waals surface area (Å²) in [5.74, 6) is -0.718. The van der Waals surface area contributed by atoms with Gasteiger partial charge in [0.15, 0.2) is 0 Å². The number of amides is 2. The first-order valence-electron chi connectivity index (χ1n) is 6.85. The monoisotopic (exact) mass is 290 g/mol. The number of hydrogen-bond donors (Lipinski definition) is 1. The van der Waals surface area contributed by atoms with E-state index in [4.69, 9.17) is 4.74 Å². The van der Waals surface area contributed by atoms with Gasteiger partial charge in [-0.3, -0.25) is 14.4 Å². The smallest absolute Gasteiger partial charge is 0.306 e. The van der Waals surface area contributed by atoms with Gasteiger partial charge in [0.2, 0.25) is 11.8 Å². The second-order valence-corrected chi connectivity index (χ2v) is 4.90. The standard InChI is InChI=1S/C15H18N2O4/c1-11(18)17(12-5-3-2-4-6-12)10-14(19)16-9-13-7-8-15(20)21-13/h2-6,13H,7-10H2,1H3,(H,16,19). The third-order valence-corrected chi connectivity index (χ3v) is 3.25. The second kappa shape index (κ2) is 6.88. The summed E-state index contributed by atoms with van der Waals surface area (Å²) in [6.45, 7) is 1.64. The number of carbonyl (C=O) groups excluding carboxylic acids is 3. The van der Waals surface area contributed by atoms with Gasteiger partial charge in [0.1, 0.15) is 12.6 Å². The summed E-state index contributed by atoms with van der Waals surface area (Å²) < 4.78 is 5.01. The van der Waals surface area contributed by atoms with E-state index in [2.05, 4.69) is 5.32 Å². The molecule has 0 aromatic heterocycles. The highest BCUT2D eigenvalue weighted by Gasteiger charge is 2.24. The minimum absolute atomic E-state index is 0.0555. The molecule has 1 fully saturated rings. The average molecular weight is 290 g/mol. The maximum absolute atomic E-state index is 11.9. The number of ether oxygens (including phenoxy) is 1. The number of benzene rings is 1. The molecule has 112 valence electrons. The Hall–Kier alpha value is -2.37. The van der Waals surface area contributed by atoms with Crippen LogP contribution in [-0.2, 0) is 19.1 Å². The molecule has 1 aromatic carbocycles. The number of cyclic esters (lactones) is 1. The van der Waals surface area contributed by atoms with Gasteiger partial charge in [0.25, 0.3) is 0 Å². The number of esters is 1. The molecule has 1 saturated heterocycles. The van der Waals surface area contributed by atoms with Gasteiger partial charge >= 0.3 is 5.97 Å². The van der Waals surface area contributed by atoms with E-state index < -0.39 is 0 Å². The summed E-state index contributed by atoms with van der Waals surface area (Å²) in [6.07, 6.45) is 0.752. The van der Waals surface area contributed by atoms with Crippen molar-refractivity contribution in [3.05, 3.63) is 30.3 Å². The summed E-state index contributed by atoms with van der Waals surface area (Å²) in [4.78, 5) is 35.9. The molecule has 2 rings (SSSR count). The van der Waals surface area contributed by atoms with Crippen LogP contribution in [0.1, 0.15) is 19.8 Å². The summed E-state index contributed by atoms with van der Waals surface area (Å²) in [7, 11) is 0. The van der Waals surface area contributed by atoms with Crippen molar-refractivity contribution in [1.82, 2.24) is 5.32 Å². The van der Waals surface area contributed by atoms with E-state index in [1.165, 1.54) is 11.8 Å². The quantitative estimate of drug-likeness (QED) is 0.816. The van der Waals surface area contributed by atoms with Crippen LogP contribution in [0.15, 0.2) is 30.3 Å². The van der Waals surface area contributed by atoms with E-state index in [1.807, 2.05) is 6.07 Å². The van der Waals surface area contributed by atoms with Crippen molar-refractivity contribution < 1.29 is 19.1 Å². The third-order valence-electron chi connectivity index (χ3n) is 3.25. The number of carbonyl (C=O) groups is 3. The molecule has 0 radical (unpaired) electrons. The van der Waals surface area contributed by atoms with Gasteiger partial charge in [-0.25, -0.2) is 0 Å². The summed E-state index contributed by atoms with van der Waals surface area (Å²) >= 11 is 0. The van der Waals surface area contributed by atoms with Crippen LogP contribution >= 0.6 is 0 Å². The molecular weight excluding hydrogens is 272 g/mol. The first kappa shape index (κ1) is 15.0. The summed E-state index contributed by atoms with van der Waals surface area (Å²) in [5.41, 5.74) is 0.674. The van der Waals surface area contributed by atoms with Crippen LogP contribution in [0.3, 0.4) is 0 Å². The Morgan fingerprint density at radius 2 is 2.05 bits per heavy atom. The van der Waals surface area contributed by atoms with E-state index >= 15 is 0 Å². The van der Waals surface area contributed by atoms with Gasteiger partial charge in [-0.05, 0) is 18.6 Å².